The van der Waals surface area contributed by atoms with Crippen LogP contribution in [0.3, 0.4) is 0 Å². The Morgan fingerprint density at radius 3 is 2.42 bits per heavy atom. The Hall–Kier alpha value is -2.09. The summed E-state index contributed by atoms with van der Waals surface area (Å²) in [5.41, 5.74) is 0.275. The third-order valence-electron chi connectivity index (χ3n) is 3.10. The van der Waals surface area contributed by atoms with E-state index in [1.165, 1.54) is 12.4 Å². The van der Waals surface area contributed by atoms with Gasteiger partial charge in [-0.3, -0.25) is 0 Å². The number of halogens is 2. The highest BCUT2D eigenvalue weighted by Crippen LogP contribution is 2.26. The molecule has 0 bridgehead atoms. The van der Waals surface area contributed by atoms with E-state index in [2.05, 4.69) is 20.8 Å². The van der Waals surface area contributed by atoms with Crippen molar-refractivity contribution in [3.63, 3.8) is 0 Å². The summed E-state index contributed by atoms with van der Waals surface area (Å²) in [5, 5.41) is 13.5. The van der Waals surface area contributed by atoms with Crippen molar-refractivity contribution in [2.24, 2.45) is 0 Å². The number of aromatic nitrogens is 4. The van der Waals surface area contributed by atoms with E-state index in [-0.39, 0.29) is 11.4 Å². The smallest absolute Gasteiger partial charge is 0.186 e. The molecule has 19 heavy (non-hydrogen) atoms. The van der Waals surface area contributed by atoms with Crippen molar-refractivity contribution in [2.45, 2.75) is 0 Å². The molecular formula is C11H12F2N6. The van der Waals surface area contributed by atoms with Crippen LogP contribution in [-0.2, 0) is 0 Å². The molecule has 0 amide bonds. The molecule has 1 saturated heterocycles. The van der Waals surface area contributed by atoms with Gasteiger partial charge in [0.15, 0.2) is 11.6 Å². The summed E-state index contributed by atoms with van der Waals surface area (Å²) in [7, 11) is 0. The molecule has 1 aromatic heterocycles. The van der Waals surface area contributed by atoms with Gasteiger partial charge in [-0.15, -0.1) is 5.10 Å². The summed E-state index contributed by atoms with van der Waals surface area (Å²) in [6.07, 6.45) is 1.22. The molecule has 1 aliphatic rings. The average Bonchev–Trinajstić information content (AvgIpc) is 2.97. The van der Waals surface area contributed by atoms with E-state index in [9.17, 15) is 8.78 Å². The van der Waals surface area contributed by atoms with Gasteiger partial charge in [0.2, 0.25) is 0 Å². The predicted molar refractivity (Wildman–Crippen MR) is 64.2 cm³/mol. The van der Waals surface area contributed by atoms with Crippen LogP contribution in [0, 0.1) is 11.6 Å². The van der Waals surface area contributed by atoms with Crippen LogP contribution in [0.2, 0.25) is 0 Å². The summed E-state index contributed by atoms with van der Waals surface area (Å²) < 4.78 is 29.3. The summed E-state index contributed by atoms with van der Waals surface area (Å²) >= 11 is 0. The Balaban J connectivity index is 1.98. The number of tetrazole rings is 1. The fourth-order valence-corrected chi connectivity index (χ4v) is 2.13. The maximum absolute atomic E-state index is 14.1. The van der Waals surface area contributed by atoms with Crippen molar-refractivity contribution >= 4 is 5.69 Å². The summed E-state index contributed by atoms with van der Waals surface area (Å²) in [6, 6.07) is 3.03. The Labute approximate surface area is 108 Å². The number of rotatable bonds is 2. The molecule has 0 aliphatic carbocycles. The number of hydrogen-bond acceptors (Lipinski definition) is 5. The number of benzene rings is 1. The van der Waals surface area contributed by atoms with Gasteiger partial charge in [0.05, 0.1) is 5.69 Å². The fraction of sp³-hybridized carbons (Fsp3) is 0.364. The average molecular weight is 266 g/mol. The lowest BCUT2D eigenvalue weighted by Crippen LogP contribution is -2.44. The van der Waals surface area contributed by atoms with Gasteiger partial charge in [-0.1, -0.05) is 0 Å². The molecule has 3 rings (SSSR count). The van der Waals surface area contributed by atoms with Crippen molar-refractivity contribution in [1.82, 2.24) is 25.5 Å². The van der Waals surface area contributed by atoms with Gasteiger partial charge in [-0.05, 0) is 22.6 Å². The monoisotopic (exact) mass is 266 g/mol. The van der Waals surface area contributed by atoms with Crippen molar-refractivity contribution in [3.8, 4) is 5.69 Å². The molecule has 1 aliphatic heterocycles. The third kappa shape index (κ3) is 2.14. The lowest BCUT2D eigenvalue weighted by atomic mass is 10.2. The van der Waals surface area contributed by atoms with Gasteiger partial charge in [0, 0.05) is 26.2 Å². The van der Waals surface area contributed by atoms with Crippen molar-refractivity contribution in [3.05, 3.63) is 30.1 Å². The molecule has 6 nitrogen and oxygen atoms in total. The predicted octanol–water partition coefficient (Wildman–Crippen LogP) is 0.350. The molecule has 1 fully saturated rings. The number of anilines is 1. The molecule has 0 saturated carbocycles. The van der Waals surface area contributed by atoms with Crippen molar-refractivity contribution in [1.29, 1.82) is 0 Å². The second-order valence-corrected chi connectivity index (χ2v) is 4.22. The quantitative estimate of drug-likeness (QED) is 0.850. The first-order valence-electron chi connectivity index (χ1n) is 5.94. The van der Waals surface area contributed by atoms with Crippen molar-refractivity contribution < 1.29 is 8.78 Å². The molecule has 0 radical (unpaired) electrons. The van der Waals surface area contributed by atoms with Crippen LogP contribution in [0.5, 0.6) is 0 Å². The van der Waals surface area contributed by atoms with Crippen LogP contribution < -0.4 is 10.2 Å². The SMILES string of the molecule is Fc1c(N2CCNCC2)ccc(-n2cnnn2)c1F. The lowest BCUT2D eigenvalue weighted by molar-refractivity contribution is 0.492. The fourth-order valence-electron chi connectivity index (χ4n) is 2.13. The first-order chi connectivity index (χ1) is 9.27. The van der Waals surface area contributed by atoms with Gasteiger partial charge >= 0.3 is 0 Å². The van der Waals surface area contributed by atoms with Gasteiger partial charge in [0.25, 0.3) is 0 Å². The van der Waals surface area contributed by atoms with E-state index in [1.807, 2.05) is 4.90 Å². The highest BCUT2D eigenvalue weighted by Gasteiger charge is 2.20. The highest BCUT2D eigenvalue weighted by atomic mass is 19.2. The van der Waals surface area contributed by atoms with Crippen LogP contribution in [0.25, 0.3) is 5.69 Å². The summed E-state index contributed by atoms with van der Waals surface area (Å²) in [4.78, 5) is 1.82. The number of nitrogens with zero attached hydrogens (tertiary/aromatic N) is 5. The largest absolute Gasteiger partial charge is 0.367 e. The Morgan fingerprint density at radius 1 is 1.05 bits per heavy atom. The first-order valence-corrected chi connectivity index (χ1v) is 5.94. The Bertz CT molecular complexity index is 565. The number of hydrogen-bond donors (Lipinski definition) is 1. The molecule has 0 spiro atoms. The van der Waals surface area contributed by atoms with E-state index in [4.69, 9.17) is 0 Å². The van der Waals surface area contributed by atoms with E-state index in [0.29, 0.717) is 13.1 Å². The topological polar surface area (TPSA) is 58.9 Å². The van der Waals surface area contributed by atoms with Crippen LogP contribution in [-0.4, -0.2) is 46.4 Å². The second kappa shape index (κ2) is 4.88. The zero-order valence-electron chi connectivity index (χ0n) is 10.1. The highest BCUT2D eigenvalue weighted by molar-refractivity contribution is 5.53. The van der Waals surface area contributed by atoms with Gasteiger partial charge in [0.1, 0.15) is 12.0 Å². The van der Waals surface area contributed by atoms with E-state index < -0.39 is 11.6 Å². The van der Waals surface area contributed by atoms with Gasteiger partial charge < -0.3 is 10.2 Å². The van der Waals surface area contributed by atoms with Crippen molar-refractivity contribution in [2.75, 3.05) is 31.1 Å². The van der Waals surface area contributed by atoms with Crippen LogP contribution >= 0.6 is 0 Å². The molecule has 1 N–H and O–H groups in total. The first kappa shape index (κ1) is 12.0. The zero-order valence-corrected chi connectivity index (χ0v) is 10.1. The molecule has 8 heteroatoms. The molecule has 0 atom stereocenters. The van der Waals surface area contributed by atoms with Crippen LogP contribution in [0.1, 0.15) is 0 Å². The number of piperazine rings is 1. The molecule has 2 aromatic rings. The minimum atomic E-state index is -0.941. The minimum Gasteiger partial charge on any atom is -0.367 e. The lowest BCUT2D eigenvalue weighted by Gasteiger charge is -2.29. The normalized spacial score (nSPS) is 15.8. The molecule has 0 unspecified atom stereocenters. The summed E-state index contributed by atoms with van der Waals surface area (Å²) in [6.45, 7) is 2.83. The second-order valence-electron chi connectivity index (χ2n) is 4.22. The standard InChI is InChI=1S/C11H12F2N6/c12-10-8(18-5-3-14-4-6-18)1-2-9(11(10)13)19-7-15-16-17-19/h1-2,7,14H,3-6H2. The maximum atomic E-state index is 14.1. The minimum absolute atomic E-state index is 0.00128. The summed E-state index contributed by atoms with van der Waals surface area (Å²) in [5.74, 6) is -1.81. The third-order valence-corrected chi connectivity index (χ3v) is 3.10. The molecule has 100 valence electrons. The molecule has 1 aromatic carbocycles. The zero-order chi connectivity index (χ0) is 13.2. The van der Waals surface area contributed by atoms with E-state index in [1.54, 1.807) is 6.07 Å². The molecular weight excluding hydrogens is 254 g/mol. The number of nitrogens with one attached hydrogen (secondary N) is 1. The maximum Gasteiger partial charge on any atom is 0.186 e. The van der Waals surface area contributed by atoms with Crippen LogP contribution in [0.15, 0.2) is 18.5 Å². The molecule has 2 heterocycles. The Morgan fingerprint density at radius 2 is 1.74 bits per heavy atom. The van der Waals surface area contributed by atoms with E-state index >= 15 is 0 Å². The Kier molecular flexibility index (Phi) is 3.08. The van der Waals surface area contributed by atoms with Crippen LogP contribution in [0.4, 0.5) is 14.5 Å². The van der Waals surface area contributed by atoms with Gasteiger partial charge in [-0.25, -0.2) is 8.78 Å². The van der Waals surface area contributed by atoms with Gasteiger partial charge in [-0.2, -0.15) is 4.68 Å². The van der Waals surface area contributed by atoms with E-state index in [0.717, 1.165) is 17.8 Å².